The van der Waals surface area contributed by atoms with Gasteiger partial charge >= 0.3 is 6.09 Å². The van der Waals surface area contributed by atoms with E-state index in [1.165, 1.54) is 0 Å². The van der Waals surface area contributed by atoms with Gasteiger partial charge in [-0.15, -0.1) is 12.3 Å². The minimum Gasteiger partial charge on any atom is -0.444 e. The van der Waals surface area contributed by atoms with Gasteiger partial charge in [0.05, 0.1) is 0 Å². The van der Waals surface area contributed by atoms with Crippen molar-refractivity contribution < 1.29 is 9.53 Å². The monoisotopic (exact) mass is 237 g/mol. The molecule has 1 fully saturated rings. The first kappa shape index (κ1) is 13.9. The van der Waals surface area contributed by atoms with Crippen LogP contribution in [0.2, 0.25) is 0 Å². The van der Waals surface area contributed by atoms with E-state index in [-0.39, 0.29) is 6.09 Å². The maximum atomic E-state index is 11.9. The predicted octanol–water partition coefficient (Wildman–Crippen LogP) is 3.05. The second kappa shape index (κ2) is 5.95. The summed E-state index contributed by atoms with van der Waals surface area (Å²) in [6, 6.07) is 0. The topological polar surface area (TPSA) is 29.5 Å². The Hall–Kier alpha value is -1.17. The molecular formula is C14H23NO2. The highest BCUT2D eigenvalue weighted by atomic mass is 16.6. The zero-order valence-electron chi connectivity index (χ0n) is 11.2. The summed E-state index contributed by atoms with van der Waals surface area (Å²) in [5.41, 5.74) is -0.416. The molecule has 1 heterocycles. The molecule has 1 aliphatic rings. The van der Waals surface area contributed by atoms with E-state index in [0.29, 0.717) is 5.92 Å². The smallest absolute Gasteiger partial charge is 0.410 e. The Bertz CT molecular complexity index is 288. The van der Waals surface area contributed by atoms with Crippen LogP contribution in [0, 0.1) is 18.3 Å². The first-order valence-electron chi connectivity index (χ1n) is 6.36. The van der Waals surface area contributed by atoms with Gasteiger partial charge in [0.15, 0.2) is 0 Å². The number of nitrogens with zero attached hydrogens (tertiary/aromatic N) is 1. The largest absolute Gasteiger partial charge is 0.444 e. The number of likely N-dealkylation sites (tertiary alicyclic amines) is 1. The van der Waals surface area contributed by atoms with Gasteiger partial charge in [0, 0.05) is 19.0 Å². The van der Waals surface area contributed by atoms with Crippen molar-refractivity contribution in [2.75, 3.05) is 13.1 Å². The predicted molar refractivity (Wildman–Crippen MR) is 68.6 cm³/mol. The summed E-state index contributed by atoms with van der Waals surface area (Å²) >= 11 is 0. The molecule has 96 valence electrons. The van der Waals surface area contributed by atoms with Gasteiger partial charge in [0.25, 0.3) is 0 Å². The van der Waals surface area contributed by atoms with Crippen LogP contribution in [0.3, 0.4) is 0 Å². The second-order valence-corrected chi connectivity index (χ2v) is 5.62. The number of ether oxygens (including phenoxy) is 1. The molecule has 3 nitrogen and oxygen atoms in total. The summed E-state index contributed by atoms with van der Waals surface area (Å²) in [6.45, 7) is 7.19. The van der Waals surface area contributed by atoms with E-state index < -0.39 is 5.60 Å². The van der Waals surface area contributed by atoms with Gasteiger partial charge in [0.1, 0.15) is 5.60 Å². The van der Waals surface area contributed by atoms with Gasteiger partial charge in [-0.25, -0.2) is 4.79 Å². The molecule has 1 rings (SSSR count). The Kier molecular flexibility index (Phi) is 4.86. The number of carbonyl (C=O) groups is 1. The van der Waals surface area contributed by atoms with E-state index in [4.69, 9.17) is 11.2 Å². The van der Waals surface area contributed by atoms with Crippen molar-refractivity contribution in [1.29, 1.82) is 0 Å². The molecule has 0 atom stereocenters. The quantitative estimate of drug-likeness (QED) is 0.606. The Labute approximate surface area is 105 Å². The summed E-state index contributed by atoms with van der Waals surface area (Å²) in [6.07, 6.45) is 9.20. The Morgan fingerprint density at radius 3 is 2.24 bits per heavy atom. The second-order valence-electron chi connectivity index (χ2n) is 5.62. The summed E-state index contributed by atoms with van der Waals surface area (Å²) in [5, 5.41) is 0. The molecule has 17 heavy (non-hydrogen) atoms. The minimum atomic E-state index is -0.416. The van der Waals surface area contributed by atoms with Gasteiger partial charge < -0.3 is 9.64 Å². The molecule has 1 saturated heterocycles. The third-order valence-electron chi connectivity index (χ3n) is 2.85. The van der Waals surface area contributed by atoms with Crippen LogP contribution in [0.15, 0.2) is 0 Å². The lowest BCUT2D eigenvalue weighted by Gasteiger charge is -2.29. The zero-order chi connectivity index (χ0) is 12.9. The van der Waals surface area contributed by atoms with E-state index in [9.17, 15) is 4.79 Å². The molecule has 0 aromatic carbocycles. The first-order valence-corrected chi connectivity index (χ1v) is 6.36. The molecule has 0 bridgehead atoms. The fourth-order valence-electron chi connectivity index (χ4n) is 1.99. The van der Waals surface area contributed by atoms with Crippen molar-refractivity contribution in [2.45, 2.75) is 52.1 Å². The number of rotatable bonds is 0. The summed E-state index contributed by atoms with van der Waals surface area (Å²) < 4.78 is 5.37. The lowest BCUT2D eigenvalue weighted by Crippen LogP contribution is -2.39. The van der Waals surface area contributed by atoms with Gasteiger partial charge in [-0.1, -0.05) is 0 Å². The summed E-state index contributed by atoms with van der Waals surface area (Å²) in [5.74, 6) is 3.20. The maximum Gasteiger partial charge on any atom is 0.410 e. The molecule has 0 N–H and O–H groups in total. The van der Waals surface area contributed by atoms with Crippen LogP contribution in [0.4, 0.5) is 4.79 Å². The fraction of sp³-hybridized carbons (Fsp3) is 0.786. The van der Waals surface area contributed by atoms with Gasteiger partial charge in [0.2, 0.25) is 0 Å². The number of carbonyl (C=O) groups excluding carboxylic acids is 1. The van der Waals surface area contributed by atoms with Crippen LogP contribution < -0.4 is 0 Å². The Morgan fingerprint density at radius 2 is 1.82 bits per heavy atom. The third-order valence-corrected chi connectivity index (χ3v) is 2.85. The molecule has 1 amide bonds. The Morgan fingerprint density at radius 1 is 1.29 bits per heavy atom. The molecule has 0 saturated carbocycles. The van der Waals surface area contributed by atoms with E-state index in [0.717, 1.165) is 38.8 Å². The molecule has 0 aromatic rings. The average molecular weight is 237 g/mol. The maximum absolute atomic E-state index is 11.9. The van der Waals surface area contributed by atoms with E-state index in [2.05, 4.69) is 5.92 Å². The van der Waals surface area contributed by atoms with Crippen molar-refractivity contribution in [1.82, 2.24) is 4.90 Å². The van der Waals surface area contributed by atoms with Crippen molar-refractivity contribution in [3.63, 3.8) is 0 Å². The highest BCUT2D eigenvalue weighted by Gasteiger charge is 2.23. The van der Waals surface area contributed by atoms with E-state index in [1.54, 1.807) is 4.90 Å². The molecule has 0 aromatic heterocycles. The molecule has 0 aliphatic carbocycles. The van der Waals surface area contributed by atoms with Gasteiger partial charge in [-0.05, 0) is 46.5 Å². The molecule has 0 radical (unpaired) electrons. The lowest BCUT2D eigenvalue weighted by atomic mass is 9.96. The van der Waals surface area contributed by atoms with Crippen LogP contribution in [0.25, 0.3) is 0 Å². The van der Waals surface area contributed by atoms with E-state index in [1.807, 2.05) is 20.8 Å². The molecule has 0 unspecified atom stereocenters. The standard InChI is InChI=1S/C14H23NO2/c1-5-12-8-6-10-15(11-7-9-12)13(16)17-14(2,3)4/h1,12H,6-11H2,2-4H3. The number of amides is 1. The number of hydrogen-bond acceptors (Lipinski definition) is 2. The normalized spacial score (nSPS) is 19.1. The Balaban J connectivity index is 2.45. The van der Waals surface area contributed by atoms with Crippen molar-refractivity contribution in [2.24, 2.45) is 5.92 Å². The summed E-state index contributed by atoms with van der Waals surface area (Å²) in [7, 11) is 0. The number of hydrogen-bond donors (Lipinski definition) is 0. The minimum absolute atomic E-state index is 0.198. The number of terminal acetylenes is 1. The average Bonchev–Trinajstić information content (AvgIpc) is 2.14. The lowest BCUT2D eigenvalue weighted by molar-refractivity contribution is 0.0232. The van der Waals surface area contributed by atoms with Crippen LogP contribution in [0.5, 0.6) is 0 Å². The molecule has 0 spiro atoms. The van der Waals surface area contributed by atoms with Crippen LogP contribution >= 0.6 is 0 Å². The van der Waals surface area contributed by atoms with Gasteiger partial charge in [-0.2, -0.15) is 0 Å². The SMILES string of the molecule is C#CC1CCCN(C(=O)OC(C)(C)C)CCC1. The fourth-order valence-corrected chi connectivity index (χ4v) is 1.99. The first-order chi connectivity index (χ1) is 7.92. The van der Waals surface area contributed by atoms with Crippen molar-refractivity contribution in [3.8, 4) is 12.3 Å². The highest BCUT2D eigenvalue weighted by Crippen LogP contribution is 2.18. The van der Waals surface area contributed by atoms with Crippen molar-refractivity contribution in [3.05, 3.63) is 0 Å². The molecule has 1 aliphatic heterocycles. The van der Waals surface area contributed by atoms with E-state index >= 15 is 0 Å². The molecule has 3 heteroatoms. The third kappa shape index (κ3) is 5.12. The van der Waals surface area contributed by atoms with Crippen LogP contribution in [0.1, 0.15) is 46.5 Å². The van der Waals surface area contributed by atoms with Gasteiger partial charge in [-0.3, -0.25) is 0 Å². The van der Waals surface area contributed by atoms with Crippen LogP contribution in [-0.2, 0) is 4.74 Å². The highest BCUT2D eigenvalue weighted by molar-refractivity contribution is 5.68. The molecular weight excluding hydrogens is 214 g/mol. The van der Waals surface area contributed by atoms with Crippen LogP contribution in [-0.4, -0.2) is 29.7 Å². The zero-order valence-corrected chi connectivity index (χ0v) is 11.2. The van der Waals surface area contributed by atoms with Crippen molar-refractivity contribution >= 4 is 6.09 Å². The summed E-state index contributed by atoms with van der Waals surface area (Å²) in [4.78, 5) is 13.7.